The lowest BCUT2D eigenvalue weighted by molar-refractivity contribution is 0.109. The van der Waals surface area contributed by atoms with Gasteiger partial charge in [0.05, 0.1) is 13.2 Å². The second-order valence-corrected chi connectivity index (χ2v) is 5.05. The second-order valence-electron chi connectivity index (χ2n) is 5.05. The largest absolute Gasteiger partial charge is 0.480 e. The van der Waals surface area contributed by atoms with Crippen molar-refractivity contribution in [3.05, 3.63) is 18.1 Å². The first-order chi connectivity index (χ1) is 9.01. The fraction of sp³-hybridized carbons (Fsp3) is 0.714. The van der Waals surface area contributed by atoms with E-state index in [0.717, 1.165) is 18.7 Å². The van der Waals surface area contributed by atoms with Crippen LogP contribution < -0.4 is 10.1 Å². The van der Waals surface area contributed by atoms with Crippen LogP contribution in [-0.4, -0.2) is 48.2 Å². The molecule has 0 spiro atoms. The van der Waals surface area contributed by atoms with Gasteiger partial charge in [0.2, 0.25) is 5.88 Å². The lowest BCUT2D eigenvalue weighted by atomic mass is 9.85. The normalized spacial score (nSPS) is 16.2. The summed E-state index contributed by atoms with van der Waals surface area (Å²) in [6.45, 7) is 7.39. The lowest BCUT2D eigenvalue weighted by Gasteiger charge is -2.42. The molecule has 5 nitrogen and oxygen atoms in total. The summed E-state index contributed by atoms with van der Waals surface area (Å²) >= 11 is 0. The summed E-state index contributed by atoms with van der Waals surface area (Å²) < 4.78 is 5.36. The van der Waals surface area contributed by atoms with Crippen LogP contribution in [0.15, 0.2) is 12.4 Å². The van der Waals surface area contributed by atoms with Gasteiger partial charge in [-0.15, -0.1) is 0 Å². The number of nitrogens with one attached hydrogen (secondary N) is 1. The van der Waals surface area contributed by atoms with Crippen LogP contribution in [0.25, 0.3) is 0 Å². The number of hydrogen-bond acceptors (Lipinski definition) is 5. The highest BCUT2D eigenvalue weighted by Crippen LogP contribution is 2.34. The molecule has 1 aromatic heterocycles. The molecule has 0 aromatic carbocycles. The molecule has 19 heavy (non-hydrogen) atoms. The van der Waals surface area contributed by atoms with E-state index in [1.807, 2.05) is 0 Å². The van der Waals surface area contributed by atoms with Crippen molar-refractivity contribution in [3.63, 3.8) is 0 Å². The minimum Gasteiger partial charge on any atom is -0.480 e. The van der Waals surface area contributed by atoms with Crippen LogP contribution in [0, 0.1) is 0 Å². The Balaban J connectivity index is 3.26. The molecule has 0 radical (unpaired) electrons. The Morgan fingerprint density at radius 2 is 1.95 bits per heavy atom. The van der Waals surface area contributed by atoms with Gasteiger partial charge in [0.1, 0.15) is 5.69 Å². The third-order valence-electron chi connectivity index (χ3n) is 3.93. The van der Waals surface area contributed by atoms with Gasteiger partial charge in [0.25, 0.3) is 0 Å². The van der Waals surface area contributed by atoms with E-state index >= 15 is 0 Å². The molecule has 1 aromatic rings. The lowest BCUT2D eigenvalue weighted by Crippen LogP contribution is -2.51. The molecule has 2 unspecified atom stereocenters. The fourth-order valence-corrected chi connectivity index (χ4v) is 2.29. The number of nitrogens with zero attached hydrogens (tertiary/aromatic N) is 3. The SMILES string of the molecule is CCNC(c1nccnc1OC)C(C)(CC)N(C)C. The minimum atomic E-state index is -0.0562. The van der Waals surface area contributed by atoms with Crippen molar-refractivity contribution in [1.29, 1.82) is 0 Å². The Morgan fingerprint density at radius 1 is 1.32 bits per heavy atom. The van der Waals surface area contributed by atoms with E-state index in [0.29, 0.717) is 5.88 Å². The molecule has 0 amide bonds. The maximum Gasteiger partial charge on any atom is 0.237 e. The summed E-state index contributed by atoms with van der Waals surface area (Å²) in [6, 6.07) is 0.0705. The highest BCUT2D eigenvalue weighted by Gasteiger charge is 2.38. The quantitative estimate of drug-likeness (QED) is 0.816. The molecular formula is C14H26N4O. The van der Waals surface area contributed by atoms with Crippen molar-refractivity contribution in [2.75, 3.05) is 27.7 Å². The van der Waals surface area contributed by atoms with E-state index in [1.165, 1.54) is 0 Å². The van der Waals surface area contributed by atoms with Crippen molar-refractivity contribution in [1.82, 2.24) is 20.2 Å². The third-order valence-corrected chi connectivity index (χ3v) is 3.93. The van der Waals surface area contributed by atoms with Gasteiger partial charge in [-0.1, -0.05) is 13.8 Å². The Hall–Kier alpha value is -1.20. The van der Waals surface area contributed by atoms with Crippen LogP contribution in [0.4, 0.5) is 0 Å². The number of methoxy groups -OCH3 is 1. The monoisotopic (exact) mass is 266 g/mol. The molecule has 0 saturated heterocycles. The maximum atomic E-state index is 5.36. The highest BCUT2D eigenvalue weighted by molar-refractivity contribution is 5.25. The summed E-state index contributed by atoms with van der Waals surface area (Å²) in [4.78, 5) is 11.0. The van der Waals surface area contributed by atoms with Crippen LogP contribution in [0.1, 0.15) is 38.9 Å². The zero-order valence-corrected chi connectivity index (χ0v) is 12.9. The Bertz CT molecular complexity index is 397. The molecule has 0 saturated carbocycles. The van der Waals surface area contributed by atoms with Gasteiger partial charge < -0.3 is 15.0 Å². The van der Waals surface area contributed by atoms with Crippen molar-refractivity contribution in [3.8, 4) is 5.88 Å². The average Bonchev–Trinajstić information content (AvgIpc) is 2.43. The van der Waals surface area contributed by atoms with Gasteiger partial charge in [-0.2, -0.15) is 0 Å². The molecule has 5 heteroatoms. The van der Waals surface area contributed by atoms with Crippen LogP contribution >= 0.6 is 0 Å². The first-order valence-corrected chi connectivity index (χ1v) is 6.76. The van der Waals surface area contributed by atoms with Crippen LogP contribution in [0.3, 0.4) is 0 Å². The molecule has 0 fully saturated rings. The number of likely N-dealkylation sites (N-methyl/N-ethyl adjacent to an activating group) is 2. The zero-order chi connectivity index (χ0) is 14.5. The van der Waals surface area contributed by atoms with Gasteiger partial charge in [-0.3, -0.25) is 4.98 Å². The average molecular weight is 266 g/mol. The predicted octanol–water partition coefficient (Wildman–Crippen LogP) is 1.87. The van der Waals surface area contributed by atoms with E-state index in [2.05, 4.69) is 55.1 Å². The molecule has 0 aliphatic rings. The molecule has 108 valence electrons. The van der Waals surface area contributed by atoms with E-state index in [9.17, 15) is 0 Å². The predicted molar refractivity (Wildman–Crippen MR) is 77.4 cm³/mol. The van der Waals surface area contributed by atoms with Crippen molar-refractivity contribution >= 4 is 0 Å². The Kier molecular flexibility index (Phi) is 5.69. The maximum absolute atomic E-state index is 5.36. The summed E-state index contributed by atoms with van der Waals surface area (Å²) in [5, 5.41) is 3.52. The third kappa shape index (κ3) is 3.22. The first kappa shape index (κ1) is 15.9. The van der Waals surface area contributed by atoms with Crippen molar-refractivity contribution in [2.24, 2.45) is 0 Å². The number of hydrogen-bond donors (Lipinski definition) is 1. The summed E-state index contributed by atoms with van der Waals surface area (Å²) in [7, 11) is 5.82. The van der Waals surface area contributed by atoms with Gasteiger partial charge in [0.15, 0.2) is 0 Å². The van der Waals surface area contributed by atoms with Gasteiger partial charge >= 0.3 is 0 Å². The number of ether oxygens (including phenoxy) is 1. The molecule has 0 bridgehead atoms. The van der Waals surface area contributed by atoms with Crippen LogP contribution in [-0.2, 0) is 0 Å². The molecule has 1 rings (SSSR count). The van der Waals surface area contributed by atoms with Gasteiger partial charge in [0, 0.05) is 17.9 Å². The molecule has 0 aliphatic heterocycles. The molecule has 2 atom stereocenters. The summed E-state index contributed by atoms with van der Waals surface area (Å²) in [5.74, 6) is 0.593. The standard InChI is InChI=1S/C14H26N4O/c1-7-14(3,18(4)5)12(15-8-2)11-13(19-6)17-10-9-16-11/h9-10,12,15H,7-8H2,1-6H3. The number of rotatable bonds is 7. The van der Waals surface area contributed by atoms with Gasteiger partial charge in [-0.05, 0) is 34.0 Å². The van der Waals surface area contributed by atoms with E-state index < -0.39 is 0 Å². The first-order valence-electron chi connectivity index (χ1n) is 6.76. The van der Waals surface area contributed by atoms with E-state index in [-0.39, 0.29) is 11.6 Å². The number of aromatic nitrogens is 2. The minimum absolute atomic E-state index is 0.0562. The van der Waals surface area contributed by atoms with Crippen LogP contribution in [0.5, 0.6) is 5.88 Å². The second kappa shape index (κ2) is 6.82. The Labute approximate surface area is 116 Å². The molecule has 0 aliphatic carbocycles. The van der Waals surface area contributed by atoms with E-state index in [4.69, 9.17) is 4.74 Å². The molecule has 1 heterocycles. The zero-order valence-electron chi connectivity index (χ0n) is 12.9. The molecular weight excluding hydrogens is 240 g/mol. The van der Waals surface area contributed by atoms with Gasteiger partial charge in [-0.25, -0.2) is 4.98 Å². The smallest absolute Gasteiger partial charge is 0.237 e. The Morgan fingerprint density at radius 3 is 2.42 bits per heavy atom. The van der Waals surface area contributed by atoms with Crippen molar-refractivity contribution in [2.45, 2.75) is 38.8 Å². The fourth-order valence-electron chi connectivity index (χ4n) is 2.29. The highest BCUT2D eigenvalue weighted by atomic mass is 16.5. The van der Waals surface area contributed by atoms with E-state index in [1.54, 1.807) is 19.5 Å². The van der Waals surface area contributed by atoms with Crippen LogP contribution in [0.2, 0.25) is 0 Å². The molecule has 1 N–H and O–H groups in total. The van der Waals surface area contributed by atoms with Crippen molar-refractivity contribution < 1.29 is 4.74 Å². The topological polar surface area (TPSA) is 50.3 Å². The summed E-state index contributed by atoms with van der Waals surface area (Å²) in [6.07, 6.45) is 4.37. The summed E-state index contributed by atoms with van der Waals surface area (Å²) in [5.41, 5.74) is 0.809.